The first kappa shape index (κ1) is 49.7. The van der Waals surface area contributed by atoms with Crippen LogP contribution in [0.2, 0.25) is 0 Å². The molecule has 332 valence electrons. The number of nitrogens with one attached hydrogen (secondary N) is 3. The number of hydrogen-bond donors (Lipinski definition) is 5. The van der Waals surface area contributed by atoms with E-state index in [9.17, 15) is 29.1 Å². The van der Waals surface area contributed by atoms with E-state index >= 15 is 0 Å². The Hall–Kier alpha value is -4.68. The van der Waals surface area contributed by atoms with E-state index < -0.39 is 47.6 Å². The summed E-state index contributed by atoms with van der Waals surface area (Å²) in [6, 6.07) is 5.08. The van der Waals surface area contributed by atoms with Gasteiger partial charge in [0.25, 0.3) is 5.91 Å². The second-order valence-corrected chi connectivity index (χ2v) is 18.0. The van der Waals surface area contributed by atoms with Gasteiger partial charge in [0.2, 0.25) is 11.8 Å². The number of carboxylic acids is 1. The summed E-state index contributed by atoms with van der Waals surface area (Å²) in [5.74, 6) is 0.549. The summed E-state index contributed by atoms with van der Waals surface area (Å²) in [5.41, 5.74) is 6.30. The molecule has 1 fully saturated rings. The van der Waals surface area contributed by atoms with Gasteiger partial charge in [0.15, 0.2) is 6.10 Å². The standard InChI is InChI=1S/C45H69N7O7S/c1-10-13-14-16-24-52(42(55)38(30(6)11-2)50-40(54)35-18-15-17-23-51(35)9)36(29(4)5)26-37(59-44(58)47-12-3)41-49-34(28-60-41)39(53)48-33(27-45(7,8)43(56)57)25-31-19-21-32(46)22-20-31/h1,19-22,28-30,33,35-38H,11-18,23-27,46H2,2-9H3,(H,47,58)(H,48,53)(H,50,54)(H,56,57)/t30-,33-,35+,36+,37+,38-/m0/s1. The van der Waals surface area contributed by atoms with Crippen LogP contribution < -0.4 is 21.7 Å². The van der Waals surface area contributed by atoms with Crippen molar-refractivity contribution in [1.29, 1.82) is 0 Å². The number of unbranched alkanes of at least 4 members (excludes halogenated alkanes) is 2. The van der Waals surface area contributed by atoms with Crippen molar-refractivity contribution in [2.75, 3.05) is 32.4 Å². The molecule has 1 aliphatic rings. The van der Waals surface area contributed by atoms with Crippen molar-refractivity contribution in [3.05, 3.63) is 45.9 Å². The second-order valence-electron chi connectivity index (χ2n) is 17.1. The van der Waals surface area contributed by atoms with Crippen molar-refractivity contribution in [2.45, 2.75) is 143 Å². The van der Waals surface area contributed by atoms with Crippen LogP contribution in [-0.2, 0) is 25.5 Å². The number of nitrogens with zero attached hydrogens (tertiary/aromatic N) is 3. The zero-order valence-corrected chi connectivity index (χ0v) is 37.7. The monoisotopic (exact) mass is 851 g/mol. The fourth-order valence-corrected chi connectivity index (χ4v) is 8.41. The fraction of sp³-hybridized carbons (Fsp3) is 0.644. The number of nitrogen functional groups attached to an aromatic ring is 1. The lowest BCUT2D eigenvalue weighted by Crippen LogP contribution is -2.59. The van der Waals surface area contributed by atoms with E-state index in [4.69, 9.17) is 16.9 Å². The highest BCUT2D eigenvalue weighted by molar-refractivity contribution is 7.09. The molecule has 0 spiro atoms. The first-order chi connectivity index (χ1) is 28.4. The molecule has 1 aromatic carbocycles. The Balaban J connectivity index is 1.99. The van der Waals surface area contributed by atoms with Crippen molar-refractivity contribution in [3.63, 3.8) is 0 Å². The highest BCUT2D eigenvalue weighted by Crippen LogP contribution is 2.32. The van der Waals surface area contributed by atoms with E-state index in [2.05, 4.69) is 26.9 Å². The number of carbonyl (C=O) groups is 5. The van der Waals surface area contributed by atoms with Crippen LogP contribution in [0.15, 0.2) is 29.6 Å². The second kappa shape index (κ2) is 23.9. The minimum Gasteiger partial charge on any atom is -0.481 e. The molecule has 1 saturated heterocycles. The third kappa shape index (κ3) is 14.8. The number of rotatable bonds is 23. The fourth-order valence-electron chi connectivity index (χ4n) is 7.57. The van der Waals surface area contributed by atoms with Crippen LogP contribution in [0.4, 0.5) is 10.5 Å². The number of carboxylic acid groups (broad SMARTS) is 1. The van der Waals surface area contributed by atoms with Gasteiger partial charge in [0, 0.05) is 49.1 Å². The minimum atomic E-state index is -1.14. The zero-order valence-electron chi connectivity index (χ0n) is 36.9. The van der Waals surface area contributed by atoms with Gasteiger partial charge in [-0.05, 0) is 102 Å². The molecule has 1 aromatic heterocycles. The lowest BCUT2D eigenvalue weighted by atomic mass is 9.84. The summed E-state index contributed by atoms with van der Waals surface area (Å²) in [4.78, 5) is 76.3. The Bertz CT molecular complexity index is 1760. The van der Waals surface area contributed by atoms with E-state index in [0.717, 1.165) is 42.7 Å². The maximum absolute atomic E-state index is 14.9. The molecular weight excluding hydrogens is 783 g/mol. The number of aromatic nitrogens is 1. The van der Waals surface area contributed by atoms with E-state index in [-0.39, 0.29) is 48.2 Å². The van der Waals surface area contributed by atoms with Crippen LogP contribution in [-0.4, -0.2) is 101 Å². The van der Waals surface area contributed by atoms with E-state index in [1.165, 1.54) is 0 Å². The van der Waals surface area contributed by atoms with Crippen molar-refractivity contribution >= 4 is 46.8 Å². The number of carbonyl (C=O) groups excluding carboxylic acids is 4. The molecule has 0 aliphatic carbocycles. The number of piperidine rings is 1. The number of nitrogens with two attached hydrogens (primary N) is 1. The average molecular weight is 852 g/mol. The average Bonchev–Trinajstić information content (AvgIpc) is 3.70. The Morgan fingerprint density at radius 2 is 1.80 bits per heavy atom. The molecule has 60 heavy (non-hydrogen) atoms. The van der Waals surface area contributed by atoms with Crippen LogP contribution in [0.25, 0.3) is 0 Å². The lowest BCUT2D eigenvalue weighted by molar-refractivity contribution is -0.147. The molecule has 4 amide bonds. The number of ether oxygens (including phenoxy) is 1. The Morgan fingerprint density at radius 1 is 1.10 bits per heavy atom. The normalized spacial score (nSPS) is 17.0. The maximum Gasteiger partial charge on any atom is 0.407 e. The van der Waals surface area contributed by atoms with Crippen molar-refractivity contribution in [1.82, 2.24) is 30.7 Å². The third-order valence-electron chi connectivity index (χ3n) is 11.5. The smallest absolute Gasteiger partial charge is 0.407 e. The van der Waals surface area contributed by atoms with Crippen molar-refractivity contribution in [3.8, 4) is 12.3 Å². The lowest BCUT2D eigenvalue weighted by Gasteiger charge is -2.40. The molecular formula is C45H69N7O7S. The van der Waals surface area contributed by atoms with E-state index in [1.54, 1.807) is 38.3 Å². The number of aliphatic carboxylic acids is 1. The topological polar surface area (TPSA) is 196 Å². The van der Waals surface area contributed by atoms with Crippen LogP contribution >= 0.6 is 11.3 Å². The molecule has 0 bridgehead atoms. The predicted octanol–water partition coefficient (Wildman–Crippen LogP) is 6.42. The number of alkyl carbamates (subject to hydrolysis) is 1. The molecule has 2 aromatic rings. The molecule has 2 heterocycles. The summed E-state index contributed by atoms with van der Waals surface area (Å²) in [6.07, 6.45) is 9.89. The molecule has 3 rings (SSSR count). The first-order valence-corrected chi connectivity index (χ1v) is 22.3. The number of anilines is 1. The minimum absolute atomic E-state index is 0.0884. The quantitative estimate of drug-likeness (QED) is 0.0473. The Morgan fingerprint density at radius 3 is 2.40 bits per heavy atom. The van der Waals surface area contributed by atoms with Gasteiger partial charge in [-0.25, -0.2) is 9.78 Å². The van der Waals surface area contributed by atoms with Crippen molar-refractivity contribution < 1.29 is 33.8 Å². The number of terminal acetylenes is 1. The summed E-state index contributed by atoms with van der Waals surface area (Å²) in [5, 5.41) is 20.7. The molecule has 6 atom stereocenters. The van der Waals surface area contributed by atoms with Crippen LogP contribution in [0.3, 0.4) is 0 Å². The largest absolute Gasteiger partial charge is 0.481 e. The molecule has 0 unspecified atom stereocenters. The highest BCUT2D eigenvalue weighted by Gasteiger charge is 2.39. The molecule has 14 nitrogen and oxygen atoms in total. The predicted molar refractivity (Wildman–Crippen MR) is 236 cm³/mol. The number of thiazole rings is 1. The molecule has 0 radical (unpaired) electrons. The summed E-state index contributed by atoms with van der Waals surface area (Å²) in [6.45, 7) is 14.5. The highest BCUT2D eigenvalue weighted by atomic mass is 32.1. The zero-order chi connectivity index (χ0) is 44.6. The van der Waals surface area contributed by atoms with Gasteiger partial charge in [-0.1, -0.05) is 52.7 Å². The number of hydrogen-bond acceptors (Lipinski definition) is 10. The van der Waals surface area contributed by atoms with Gasteiger partial charge >= 0.3 is 12.1 Å². The van der Waals surface area contributed by atoms with Crippen LogP contribution in [0.1, 0.15) is 133 Å². The maximum atomic E-state index is 14.9. The number of likely N-dealkylation sites (N-methyl/N-ethyl adjacent to an activating group) is 1. The summed E-state index contributed by atoms with van der Waals surface area (Å²) in [7, 11) is 1.94. The van der Waals surface area contributed by atoms with Gasteiger partial charge in [-0.2, -0.15) is 0 Å². The van der Waals surface area contributed by atoms with Gasteiger partial charge in [0.1, 0.15) is 16.7 Å². The summed E-state index contributed by atoms with van der Waals surface area (Å²) < 4.78 is 6.02. The molecule has 0 saturated carbocycles. The number of amides is 4. The van der Waals surface area contributed by atoms with E-state index in [1.807, 2.05) is 56.7 Å². The van der Waals surface area contributed by atoms with E-state index in [0.29, 0.717) is 55.9 Å². The number of benzene rings is 1. The Kier molecular flexibility index (Phi) is 19.8. The Labute approximate surface area is 361 Å². The number of likely N-dealkylation sites (tertiary alicyclic amines) is 1. The first-order valence-electron chi connectivity index (χ1n) is 21.4. The van der Waals surface area contributed by atoms with Gasteiger partial charge in [-0.3, -0.25) is 24.1 Å². The summed E-state index contributed by atoms with van der Waals surface area (Å²) >= 11 is 1.16. The molecule has 15 heteroatoms. The van der Waals surface area contributed by atoms with Crippen molar-refractivity contribution in [2.24, 2.45) is 17.3 Å². The van der Waals surface area contributed by atoms with Crippen LogP contribution in [0, 0.1) is 29.6 Å². The molecule has 1 aliphatic heterocycles. The van der Waals surface area contributed by atoms with Gasteiger partial charge in [0.05, 0.1) is 11.5 Å². The third-order valence-corrected chi connectivity index (χ3v) is 12.4. The SMILES string of the molecule is C#CCCCCN(C(=O)[C@@H](NC(=O)[C@H]1CCCCN1C)[C@@H](C)CC)[C@H](C[C@@H](OC(=O)NCC)c1nc(C(=O)N[C@@H](Cc2ccc(N)cc2)CC(C)(C)C(=O)O)cs1)C(C)C. The van der Waals surface area contributed by atoms with Gasteiger partial charge < -0.3 is 36.4 Å². The van der Waals surface area contributed by atoms with Gasteiger partial charge in [-0.15, -0.1) is 23.7 Å². The van der Waals surface area contributed by atoms with Crippen LogP contribution in [0.5, 0.6) is 0 Å². The molecule has 6 N–H and O–H groups in total.